The second-order valence-corrected chi connectivity index (χ2v) is 8.35. The third kappa shape index (κ3) is 3.06. The zero-order valence-electron chi connectivity index (χ0n) is 14.4. The molecule has 1 aromatic carbocycles. The molecule has 2 unspecified atom stereocenters. The summed E-state index contributed by atoms with van der Waals surface area (Å²) in [4.78, 5) is 12.6. The Balaban J connectivity index is 2.22. The van der Waals surface area contributed by atoms with Crippen LogP contribution in [0, 0.1) is 12.3 Å². The van der Waals surface area contributed by atoms with E-state index in [0.717, 1.165) is 0 Å². The highest BCUT2D eigenvalue weighted by molar-refractivity contribution is 7.89. The van der Waals surface area contributed by atoms with Gasteiger partial charge in [0.2, 0.25) is 15.9 Å². The van der Waals surface area contributed by atoms with E-state index in [-0.39, 0.29) is 16.9 Å². The number of carbonyl (C=O) groups is 1. The summed E-state index contributed by atoms with van der Waals surface area (Å²) in [5.74, 6) is -0.368. The number of aryl methyl sites for hydroxylation is 1. The zero-order chi connectivity index (χ0) is 18.3. The first kappa shape index (κ1) is 18.9. The molecule has 24 heavy (non-hydrogen) atoms. The average Bonchev–Trinajstić information content (AvgIpc) is 2.47. The number of carbonyl (C=O) groups excluding carboxylic acids is 1. The van der Waals surface area contributed by atoms with E-state index >= 15 is 0 Å². The van der Waals surface area contributed by atoms with Crippen LogP contribution in [0.2, 0.25) is 0 Å². The lowest BCUT2D eigenvalue weighted by Crippen LogP contribution is -2.74. The summed E-state index contributed by atoms with van der Waals surface area (Å²) in [5.41, 5.74) is 5.56. The number of nitrogens with one attached hydrogen (secondary N) is 1. The standard InChI is InChI=1S/C16H25N3O4S/c1-5-23-13-9-16(17,15(13,3)4)14(20)19-11-7-6-10(2)12(8-11)24(18,21)22/h6-8,13H,5,9,17H2,1-4H3,(H,19,20)(H2,18,21,22). The predicted molar refractivity (Wildman–Crippen MR) is 91.9 cm³/mol. The summed E-state index contributed by atoms with van der Waals surface area (Å²) in [7, 11) is -3.86. The molecule has 8 heteroatoms. The molecule has 0 radical (unpaired) electrons. The van der Waals surface area contributed by atoms with Crippen molar-refractivity contribution in [3.63, 3.8) is 0 Å². The Morgan fingerprint density at radius 1 is 1.42 bits per heavy atom. The fourth-order valence-corrected chi connectivity index (χ4v) is 3.86. The van der Waals surface area contributed by atoms with Crippen LogP contribution in [-0.4, -0.2) is 32.6 Å². The fourth-order valence-electron chi connectivity index (χ4n) is 3.05. The molecule has 0 aromatic heterocycles. The number of hydrogen-bond acceptors (Lipinski definition) is 5. The minimum absolute atomic E-state index is 0.0218. The van der Waals surface area contributed by atoms with Gasteiger partial charge in [-0.15, -0.1) is 0 Å². The summed E-state index contributed by atoms with van der Waals surface area (Å²) in [6.07, 6.45) is 0.323. The van der Waals surface area contributed by atoms with Crippen molar-refractivity contribution in [1.82, 2.24) is 0 Å². The van der Waals surface area contributed by atoms with Crippen LogP contribution in [0.25, 0.3) is 0 Å². The first-order chi connectivity index (χ1) is 10.9. The Hall–Kier alpha value is -1.48. The second-order valence-electron chi connectivity index (χ2n) is 6.82. The number of benzene rings is 1. The largest absolute Gasteiger partial charge is 0.378 e. The Morgan fingerprint density at radius 2 is 2.04 bits per heavy atom. The minimum atomic E-state index is -3.86. The molecule has 1 aromatic rings. The van der Waals surface area contributed by atoms with Crippen LogP contribution in [0.1, 0.15) is 32.8 Å². The van der Waals surface area contributed by atoms with Crippen LogP contribution < -0.4 is 16.2 Å². The van der Waals surface area contributed by atoms with E-state index in [1.165, 1.54) is 6.07 Å². The van der Waals surface area contributed by atoms with Gasteiger partial charge in [0.05, 0.1) is 11.0 Å². The molecule has 1 aliphatic carbocycles. The van der Waals surface area contributed by atoms with E-state index in [1.54, 1.807) is 19.1 Å². The Labute approximate surface area is 142 Å². The predicted octanol–water partition coefficient (Wildman–Crippen LogP) is 1.11. The summed E-state index contributed by atoms with van der Waals surface area (Å²) in [6, 6.07) is 4.56. The van der Waals surface area contributed by atoms with E-state index in [1.807, 2.05) is 20.8 Å². The highest BCUT2D eigenvalue weighted by Crippen LogP contribution is 2.50. The Bertz CT molecular complexity index is 761. The van der Waals surface area contributed by atoms with Crippen LogP contribution in [0.15, 0.2) is 23.1 Å². The third-order valence-corrected chi connectivity index (χ3v) is 6.04. The van der Waals surface area contributed by atoms with E-state index in [2.05, 4.69) is 5.32 Å². The lowest BCUT2D eigenvalue weighted by Gasteiger charge is -2.57. The van der Waals surface area contributed by atoms with Gasteiger partial charge in [-0.2, -0.15) is 0 Å². The van der Waals surface area contributed by atoms with Crippen molar-refractivity contribution in [3.05, 3.63) is 23.8 Å². The van der Waals surface area contributed by atoms with Gasteiger partial charge in [-0.1, -0.05) is 19.9 Å². The van der Waals surface area contributed by atoms with Crippen LogP contribution >= 0.6 is 0 Å². The minimum Gasteiger partial charge on any atom is -0.378 e. The number of ether oxygens (including phenoxy) is 1. The summed E-state index contributed by atoms with van der Waals surface area (Å²) >= 11 is 0. The first-order valence-corrected chi connectivity index (χ1v) is 9.33. The molecule has 1 amide bonds. The maximum atomic E-state index is 12.7. The maximum Gasteiger partial charge on any atom is 0.245 e. The van der Waals surface area contributed by atoms with E-state index in [4.69, 9.17) is 15.6 Å². The number of sulfonamides is 1. The molecule has 5 N–H and O–H groups in total. The smallest absolute Gasteiger partial charge is 0.245 e. The topological polar surface area (TPSA) is 125 Å². The zero-order valence-corrected chi connectivity index (χ0v) is 15.2. The lowest BCUT2D eigenvalue weighted by molar-refractivity contribution is -0.166. The molecule has 0 saturated heterocycles. The van der Waals surface area contributed by atoms with Gasteiger partial charge in [0.25, 0.3) is 0 Å². The summed E-state index contributed by atoms with van der Waals surface area (Å²) in [6.45, 7) is 7.87. The van der Waals surface area contributed by atoms with Gasteiger partial charge in [0.1, 0.15) is 5.54 Å². The molecule has 0 bridgehead atoms. The number of amides is 1. The van der Waals surface area contributed by atoms with Crippen molar-refractivity contribution in [1.29, 1.82) is 0 Å². The van der Waals surface area contributed by atoms with Crippen LogP contribution in [0.4, 0.5) is 5.69 Å². The molecule has 2 rings (SSSR count). The Kier molecular flexibility index (Phi) is 4.80. The first-order valence-electron chi connectivity index (χ1n) is 7.79. The number of primary sulfonamides is 1. The van der Waals surface area contributed by atoms with E-state index < -0.39 is 21.0 Å². The normalized spacial score (nSPS) is 25.8. The molecular weight excluding hydrogens is 330 g/mol. The van der Waals surface area contributed by atoms with Gasteiger partial charge in [0, 0.05) is 24.1 Å². The number of hydrogen-bond donors (Lipinski definition) is 3. The SMILES string of the molecule is CCOC1CC(N)(C(=O)Nc2ccc(C)c(S(N)(=O)=O)c2)C1(C)C. The number of rotatable bonds is 5. The van der Waals surface area contributed by atoms with Crippen molar-refractivity contribution < 1.29 is 17.9 Å². The van der Waals surface area contributed by atoms with Crippen LogP contribution in [0.3, 0.4) is 0 Å². The molecule has 2 atom stereocenters. The second kappa shape index (κ2) is 6.11. The number of nitrogens with two attached hydrogens (primary N) is 2. The van der Waals surface area contributed by atoms with Crippen LogP contribution in [-0.2, 0) is 19.6 Å². The van der Waals surface area contributed by atoms with Gasteiger partial charge in [-0.3, -0.25) is 4.79 Å². The molecule has 1 fully saturated rings. The van der Waals surface area contributed by atoms with Gasteiger partial charge < -0.3 is 15.8 Å². The van der Waals surface area contributed by atoms with E-state index in [9.17, 15) is 13.2 Å². The molecule has 134 valence electrons. The third-order valence-electron chi connectivity index (χ3n) is 4.99. The molecule has 7 nitrogen and oxygen atoms in total. The summed E-state index contributed by atoms with van der Waals surface area (Å²) in [5, 5.41) is 7.90. The van der Waals surface area contributed by atoms with Gasteiger partial charge in [-0.25, -0.2) is 13.6 Å². The van der Waals surface area contributed by atoms with Gasteiger partial charge in [-0.05, 0) is 31.5 Å². The monoisotopic (exact) mass is 355 g/mol. The maximum absolute atomic E-state index is 12.7. The quantitative estimate of drug-likeness (QED) is 0.730. The van der Waals surface area contributed by atoms with Crippen molar-refractivity contribution >= 4 is 21.6 Å². The highest BCUT2D eigenvalue weighted by atomic mass is 32.2. The van der Waals surface area contributed by atoms with Crippen molar-refractivity contribution in [2.45, 2.75) is 50.7 Å². The van der Waals surface area contributed by atoms with Crippen LogP contribution in [0.5, 0.6) is 0 Å². The highest BCUT2D eigenvalue weighted by Gasteiger charge is 2.62. The molecule has 0 spiro atoms. The molecule has 1 saturated carbocycles. The van der Waals surface area contributed by atoms with E-state index in [0.29, 0.717) is 24.3 Å². The summed E-state index contributed by atoms with van der Waals surface area (Å²) < 4.78 is 28.8. The lowest BCUT2D eigenvalue weighted by atomic mass is 9.54. The molecule has 0 aliphatic heterocycles. The van der Waals surface area contributed by atoms with Crippen molar-refractivity contribution in [3.8, 4) is 0 Å². The Morgan fingerprint density at radius 3 is 2.54 bits per heavy atom. The van der Waals surface area contributed by atoms with Crippen molar-refractivity contribution in [2.24, 2.45) is 16.3 Å². The van der Waals surface area contributed by atoms with Crippen molar-refractivity contribution in [2.75, 3.05) is 11.9 Å². The average molecular weight is 355 g/mol. The number of anilines is 1. The van der Waals surface area contributed by atoms with Gasteiger partial charge in [0.15, 0.2) is 0 Å². The molecular formula is C16H25N3O4S. The fraction of sp³-hybridized carbons (Fsp3) is 0.562. The molecule has 0 heterocycles. The van der Waals surface area contributed by atoms with Gasteiger partial charge >= 0.3 is 0 Å². The molecule has 1 aliphatic rings.